The summed E-state index contributed by atoms with van der Waals surface area (Å²) in [6.07, 6.45) is 22.8. The molecule has 5 heteroatoms. The van der Waals surface area contributed by atoms with E-state index in [2.05, 4.69) is 6.92 Å². The van der Waals surface area contributed by atoms with Crippen LogP contribution >= 0.6 is 23.6 Å². The van der Waals surface area contributed by atoms with Gasteiger partial charge in [0.1, 0.15) is 5.54 Å². The molecule has 0 spiro atoms. The molecule has 1 unspecified atom stereocenters. The zero-order valence-electron chi connectivity index (χ0n) is 17.8. The minimum Gasteiger partial charge on any atom is -0.480 e. The molecule has 0 rings (SSSR count). The third kappa shape index (κ3) is 14.6. The molecule has 0 heterocycles. The third-order valence-corrected chi connectivity index (χ3v) is 6.35. The summed E-state index contributed by atoms with van der Waals surface area (Å²) >= 11 is 11.3. The van der Waals surface area contributed by atoms with Crippen molar-refractivity contribution in [2.75, 3.05) is 0 Å². The summed E-state index contributed by atoms with van der Waals surface area (Å²) < 4.78 is 0.780. The van der Waals surface area contributed by atoms with Crippen molar-refractivity contribution in [3.05, 3.63) is 0 Å². The molecule has 1 atom stereocenters. The summed E-state index contributed by atoms with van der Waals surface area (Å²) in [5.74, 6) is -0.969. The van der Waals surface area contributed by atoms with E-state index in [0.717, 1.165) is 23.2 Å². The van der Waals surface area contributed by atoms with Gasteiger partial charge in [0.15, 0.2) is 0 Å². The van der Waals surface area contributed by atoms with Gasteiger partial charge in [0.25, 0.3) is 0 Å². The predicted molar refractivity (Wildman–Crippen MR) is 118 cm³/mol. The average molecular weight is 424 g/mol. The molecule has 0 radical (unpaired) electrons. The molecule has 0 saturated carbocycles. The van der Waals surface area contributed by atoms with Gasteiger partial charge in [-0.3, -0.25) is 4.79 Å². The summed E-state index contributed by atoms with van der Waals surface area (Å²) in [4.78, 5) is 11.3. The lowest BCUT2D eigenvalue weighted by atomic mass is 9.95. The van der Waals surface area contributed by atoms with Crippen molar-refractivity contribution in [1.29, 1.82) is 0 Å². The Hall–Kier alpha value is 0.01000. The quantitative estimate of drug-likeness (QED) is 0.157. The van der Waals surface area contributed by atoms with Gasteiger partial charge >= 0.3 is 5.97 Å². The van der Waals surface area contributed by atoms with Gasteiger partial charge in [0.05, 0.1) is 0 Å². The number of carboxylic acids is 1. The molecule has 0 aromatic heterocycles. The largest absolute Gasteiger partial charge is 0.480 e. The highest BCUT2D eigenvalue weighted by Gasteiger charge is 2.38. The zero-order chi connectivity index (χ0) is 20.4. The van der Waals surface area contributed by atoms with E-state index in [4.69, 9.17) is 23.6 Å². The molecule has 0 aliphatic carbocycles. The molecule has 0 aliphatic heterocycles. The summed E-state index contributed by atoms with van der Waals surface area (Å²) in [5, 5.41) is 9.23. The number of halogens is 2. The number of hydrogen-bond acceptors (Lipinski definition) is 2. The summed E-state index contributed by atoms with van der Waals surface area (Å²) in [7, 11) is 0. The van der Waals surface area contributed by atoms with E-state index in [9.17, 15) is 9.90 Å². The second-order valence-electron chi connectivity index (χ2n) is 8.22. The molecule has 0 amide bonds. The minimum absolute atomic E-state index is 0.480. The van der Waals surface area contributed by atoms with Crippen LogP contribution in [0.15, 0.2) is 0 Å². The topological polar surface area (TPSA) is 40.5 Å². The smallest absolute Gasteiger partial charge is 0.326 e. The highest BCUT2D eigenvalue weighted by atomic mass is 35.5. The van der Waals surface area contributed by atoms with Gasteiger partial charge in [-0.05, 0) is 36.9 Å². The number of aliphatic carboxylic acids is 1. The first-order valence-corrected chi connectivity index (χ1v) is 12.0. The van der Waals surface area contributed by atoms with Gasteiger partial charge in [-0.1, -0.05) is 116 Å². The summed E-state index contributed by atoms with van der Waals surface area (Å²) in [6.45, 7) is 3.84. The van der Waals surface area contributed by atoms with E-state index in [1.165, 1.54) is 89.9 Å². The van der Waals surface area contributed by atoms with E-state index in [1.54, 1.807) is 6.92 Å². The van der Waals surface area contributed by atoms with Crippen molar-refractivity contribution in [3.63, 3.8) is 0 Å². The van der Waals surface area contributed by atoms with Crippen LogP contribution in [0.4, 0.5) is 0 Å². The number of carbonyl (C=O) groups is 1. The Morgan fingerprint density at radius 2 is 1.00 bits per heavy atom. The molecule has 0 bridgehead atoms. The fourth-order valence-electron chi connectivity index (χ4n) is 3.46. The van der Waals surface area contributed by atoms with Crippen LogP contribution < -0.4 is 0 Å². The van der Waals surface area contributed by atoms with Gasteiger partial charge in [0, 0.05) is 0 Å². The van der Waals surface area contributed by atoms with Gasteiger partial charge in [-0.25, -0.2) is 0 Å². The van der Waals surface area contributed by atoms with Crippen LogP contribution in [0.2, 0.25) is 0 Å². The van der Waals surface area contributed by atoms with E-state index >= 15 is 0 Å². The molecule has 27 heavy (non-hydrogen) atoms. The van der Waals surface area contributed by atoms with Crippen LogP contribution in [0.25, 0.3) is 0 Å². The van der Waals surface area contributed by atoms with Crippen molar-refractivity contribution in [1.82, 2.24) is 3.94 Å². The van der Waals surface area contributed by atoms with Gasteiger partial charge in [-0.15, -0.1) is 3.94 Å². The molecule has 162 valence electrons. The minimum atomic E-state index is -1.18. The molecule has 0 aromatic carbocycles. The first-order valence-electron chi connectivity index (χ1n) is 11.3. The van der Waals surface area contributed by atoms with Crippen LogP contribution in [0.1, 0.15) is 129 Å². The summed E-state index contributed by atoms with van der Waals surface area (Å²) in [6, 6.07) is 0. The monoisotopic (exact) mass is 423 g/mol. The van der Waals surface area contributed by atoms with Crippen LogP contribution in [-0.4, -0.2) is 20.6 Å². The second kappa shape index (κ2) is 18.1. The number of rotatable bonds is 20. The van der Waals surface area contributed by atoms with Crippen molar-refractivity contribution < 1.29 is 9.90 Å². The number of hydrogen-bond donors (Lipinski definition) is 1. The fraction of sp³-hybridized carbons (Fsp3) is 0.955. The molecule has 0 fully saturated rings. The van der Waals surface area contributed by atoms with Crippen molar-refractivity contribution in [3.8, 4) is 0 Å². The second-order valence-corrected chi connectivity index (χ2v) is 9.07. The maximum atomic E-state index is 11.3. The van der Waals surface area contributed by atoms with E-state index < -0.39 is 11.5 Å². The van der Waals surface area contributed by atoms with Gasteiger partial charge < -0.3 is 5.11 Å². The first kappa shape index (κ1) is 27.0. The molecular weight excluding hydrogens is 381 g/mol. The molecule has 0 aliphatic rings. The SMILES string of the molecule is CCCCCCCCCCCCCCCCCCCC(C)(C(=O)O)N(Cl)Cl. The van der Waals surface area contributed by atoms with E-state index in [1.807, 2.05) is 0 Å². The highest BCUT2D eigenvalue weighted by molar-refractivity contribution is 6.35. The Morgan fingerprint density at radius 3 is 1.26 bits per heavy atom. The highest BCUT2D eigenvalue weighted by Crippen LogP contribution is 2.27. The van der Waals surface area contributed by atoms with Crippen molar-refractivity contribution >= 4 is 29.5 Å². The number of unbranched alkanes of at least 4 members (excludes halogenated alkanes) is 16. The van der Waals surface area contributed by atoms with Gasteiger partial charge in [0.2, 0.25) is 0 Å². The van der Waals surface area contributed by atoms with Gasteiger partial charge in [-0.2, -0.15) is 0 Å². The Balaban J connectivity index is 3.31. The molecule has 1 N–H and O–H groups in total. The van der Waals surface area contributed by atoms with Crippen molar-refractivity contribution in [2.45, 2.75) is 135 Å². The zero-order valence-corrected chi connectivity index (χ0v) is 19.3. The average Bonchev–Trinajstić information content (AvgIpc) is 2.63. The van der Waals surface area contributed by atoms with E-state index in [0.29, 0.717) is 6.42 Å². The number of nitrogens with zero attached hydrogens (tertiary/aromatic N) is 1. The fourth-order valence-corrected chi connectivity index (χ4v) is 3.77. The Morgan fingerprint density at radius 1 is 0.704 bits per heavy atom. The Bertz CT molecular complexity index is 353. The van der Waals surface area contributed by atoms with Crippen LogP contribution in [-0.2, 0) is 4.79 Å². The number of carboxylic acid groups (broad SMARTS) is 1. The standard InChI is InChI=1S/C22H43Cl2NO2/c1-3-4-5-6-7-8-9-10-11-12-13-14-15-16-17-18-19-20-22(2,21(26)27)25(23)24/h3-20H2,1-2H3,(H,26,27). The maximum absolute atomic E-state index is 11.3. The van der Waals surface area contributed by atoms with Crippen LogP contribution in [0.3, 0.4) is 0 Å². The Labute approximate surface area is 178 Å². The van der Waals surface area contributed by atoms with Crippen molar-refractivity contribution in [2.24, 2.45) is 0 Å². The summed E-state index contributed by atoms with van der Waals surface area (Å²) in [5.41, 5.74) is -1.18. The molecule has 0 saturated heterocycles. The predicted octanol–water partition coefficient (Wildman–Crippen LogP) is 8.48. The third-order valence-electron chi connectivity index (χ3n) is 5.60. The molecule has 0 aromatic rings. The Kier molecular flexibility index (Phi) is 18.1. The normalized spacial score (nSPS) is 13.8. The van der Waals surface area contributed by atoms with E-state index in [-0.39, 0.29) is 0 Å². The lowest BCUT2D eigenvalue weighted by Crippen LogP contribution is -2.43. The molecular formula is C22H43Cl2NO2. The maximum Gasteiger partial charge on any atom is 0.326 e. The first-order chi connectivity index (χ1) is 12.9. The van der Waals surface area contributed by atoms with Crippen LogP contribution in [0.5, 0.6) is 0 Å². The lowest BCUT2D eigenvalue weighted by molar-refractivity contribution is -0.146. The lowest BCUT2D eigenvalue weighted by Gasteiger charge is -2.27. The van der Waals surface area contributed by atoms with Crippen LogP contribution in [0, 0.1) is 0 Å². The molecule has 3 nitrogen and oxygen atoms in total.